The zero-order valence-corrected chi connectivity index (χ0v) is 16.3. The lowest BCUT2D eigenvalue weighted by Gasteiger charge is -2.28. The summed E-state index contributed by atoms with van der Waals surface area (Å²) in [5, 5.41) is 7.70. The molecule has 0 aliphatic carbocycles. The van der Waals surface area contributed by atoms with Gasteiger partial charge in [0.25, 0.3) is 5.91 Å². The Bertz CT molecular complexity index is 1270. The SMILES string of the molecule is Cc1oc2c(C(N)=O)cccc2c1C1NC(=NCc2ccccc2)c2cocc2N1. The normalized spacial score (nSPS) is 16.8. The van der Waals surface area contributed by atoms with E-state index in [-0.39, 0.29) is 6.17 Å². The molecule has 0 saturated carbocycles. The van der Waals surface area contributed by atoms with Gasteiger partial charge >= 0.3 is 0 Å². The van der Waals surface area contributed by atoms with Gasteiger partial charge in [-0.05, 0) is 18.6 Å². The van der Waals surface area contributed by atoms with E-state index in [0.29, 0.717) is 23.5 Å². The number of anilines is 1. The maximum absolute atomic E-state index is 11.8. The van der Waals surface area contributed by atoms with Crippen molar-refractivity contribution in [2.24, 2.45) is 10.7 Å². The molecule has 1 aliphatic rings. The minimum atomic E-state index is -0.521. The molecule has 30 heavy (non-hydrogen) atoms. The van der Waals surface area contributed by atoms with Gasteiger partial charge in [-0.15, -0.1) is 0 Å². The summed E-state index contributed by atoms with van der Waals surface area (Å²) in [6.45, 7) is 2.41. The molecule has 2 aromatic heterocycles. The monoisotopic (exact) mass is 400 g/mol. The summed E-state index contributed by atoms with van der Waals surface area (Å²) in [6.07, 6.45) is 3.02. The molecule has 1 unspecified atom stereocenters. The minimum absolute atomic E-state index is 0.311. The Hall–Kier alpha value is -4.00. The molecule has 7 heteroatoms. The van der Waals surface area contributed by atoms with Crippen LogP contribution in [-0.2, 0) is 6.54 Å². The smallest absolute Gasteiger partial charge is 0.252 e. The summed E-state index contributed by atoms with van der Waals surface area (Å²) in [4.78, 5) is 16.6. The van der Waals surface area contributed by atoms with Crippen molar-refractivity contribution in [2.45, 2.75) is 19.6 Å². The number of amides is 1. The summed E-state index contributed by atoms with van der Waals surface area (Å²) >= 11 is 0. The van der Waals surface area contributed by atoms with Crippen LogP contribution in [0.3, 0.4) is 0 Å². The standard InChI is InChI=1S/C23H20N4O3/c1-13-19(15-8-5-9-16(21(24)28)20(15)30-13)23-26-18-12-29-11-17(18)22(27-23)25-10-14-6-3-2-4-7-14/h2-9,11-12,23,26H,10H2,1H3,(H2,24,28)(H,25,27). The van der Waals surface area contributed by atoms with Crippen molar-refractivity contribution in [2.75, 3.05) is 5.32 Å². The Morgan fingerprint density at radius 2 is 1.93 bits per heavy atom. The van der Waals surface area contributed by atoms with Crippen LogP contribution in [0, 0.1) is 6.92 Å². The molecule has 0 fully saturated rings. The molecule has 1 atom stereocenters. The first-order valence-electron chi connectivity index (χ1n) is 9.61. The van der Waals surface area contributed by atoms with Crippen molar-refractivity contribution in [3.63, 3.8) is 0 Å². The van der Waals surface area contributed by atoms with E-state index < -0.39 is 5.91 Å². The van der Waals surface area contributed by atoms with Crippen molar-refractivity contribution in [3.05, 3.63) is 89.1 Å². The third kappa shape index (κ3) is 3.00. The Kier molecular flexibility index (Phi) is 4.28. The van der Waals surface area contributed by atoms with Gasteiger partial charge in [0, 0.05) is 10.9 Å². The van der Waals surface area contributed by atoms with Crippen LogP contribution in [0.5, 0.6) is 0 Å². The van der Waals surface area contributed by atoms with Crippen molar-refractivity contribution >= 4 is 28.4 Å². The molecular weight excluding hydrogens is 380 g/mol. The van der Waals surface area contributed by atoms with Gasteiger partial charge < -0.3 is 25.2 Å². The molecule has 3 heterocycles. The van der Waals surface area contributed by atoms with Gasteiger partial charge in [0.1, 0.15) is 35.9 Å². The summed E-state index contributed by atoms with van der Waals surface area (Å²) in [6, 6.07) is 15.4. The van der Waals surface area contributed by atoms with E-state index in [2.05, 4.69) is 10.6 Å². The number of benzene rings is 2. The third-order valence-corrected chi connectivity index (χ3v) is 5.25. The van der Waals surface area contributed by atoms with Crippen molar-refractivity contribution in [1.82, 2.24) is 5.32 Å². The largest absolute Gasteiger partial charge is 0.470 e. The lowest BCUT2D eigenvalue weighted by atomic mass is 10.0. The van der Waals surface area contributed by atoms with Gasteiger partial charge in [-0.1, -0.05) is 42.5 Å². The summed E-state index contributed by atoms with van der Waals surface area (Å²) < 4.78 is 11.4. The molecule has 4 aromatic rings. The summed E-state index contributed by atoms with van der Waals surface area (Å²) in [5.74, 6) is 0.900. The van der Waals surface area contributed by atoms with Crippen LogP contribution < -0.4 is 16.4 Å². The highest BCUT2D eigenvalue weighted by Crippen LogP contribution is 2.36. The lowest BCUT2D eigenvalue weighted by Crippen LogP contribution is -2.38. The number of hydrogen-bond acceptors (Lipinski definition) is 5. The average molecular weight is 400 g/mol. The number of furan rings is 2. The average Bonchev–Trinajstić information content (AvgIpc) is 3.35. The topological polar surface area (TPSA) is 106 Å². The highest BCUT2D eigenvalue weighted by Gasteiger charge is 2.29. The first-order valence-corrected chi connectivity index (χ1v) is 9.61. The molecular formula is C23H20N4O3. The maximum atomic E-state index is 11.8. The van der Waals surface area contributed by atoms with E-state index in [9.17, 15) is 4.79 Å². The predicted octanol–water partition coefficient (Wildman–Crippen LogP) is 4.09. The minimum Gasteiger partial charge on any atom is -0.470 e. The molecule has 150 valence electrons. The van der Waals surface area contributed by atoms with E-state index in [0.717, 1.165) is 33.6 Å². The number of aliphatic imine (C=N–C) groups is 1. The highest BCUT2D eigenvalue weighted by atomic mass is 16.3. The van der Waals surface area contributed by atoms with Gasteiger partial charge in [-0.3, -0.25) is 9.79 Å². The maximum Gasteiger partial charge on any atom is 0.252 e. The van der Waals surface area contributed by atoms with Gasteiger partial charge in [0.05, 0.1) is 23.4 Å². The fourth-order valence-corrected chi connectivity index (χ4v) is 3.84. The molecule has 0 radical (unpaired) electrons. The fourth-order valence-electron chi connectivity index (χ4n) is 3.84. The Balaban J connectivity index is 1.56. The lowest BCUT2D eigenvalue weighted by molar-refractivity contribution is 0.100. The molecule has 0 saturated heterocycles. The van der Waals surface area contributed by atoms with Crippen molar-refractivity contribution in [1.29, 1.82) is 0 Å². The number of nitrogens with two attached hydrogens (primary N) is 1. The second kappa shape index (κ2) is 7.11. The molecule has 4 N–H and O–H groups in total. The van der Waals surface area contributed by atoms with Crippen LogP contribution in [0.1, 0.15) is 39.0 Å². The summed E-state index contributed by atoms with van der Waals surface area (Å²) in [5.41, 5.74) is 10.1. The quantitative estimate of drug-likeness (QED) is 0.478. The third-order valence-electron chi connectivity index (χ3n) is 5.25. The van der Waals surface area contributed by atoms with E-state index >= 15 is 0 Å². The first-order chi connectivity index (χ1) is 14.6. The molecule has 0 spiro atoms. The van der Waals surface area contributed by atoms with Crippen LogP contribution in [0.25, 0.3) is 11.0 Å². The molecule has 0 bridgehead atoms. The van der Waals surface area contributed by atoms with Gasteiger partial charge in [0.2, 0.25) is 0 Å². The van der Waals surface area contributed by atoms with Crippen LogP contribution in [0.2, 0.25) is 0 Å². The predicted molar refractivity (Wildman–Crippen MR) is 114 cm³/mol. The number of nitrogens with one attached hydrogen (secondary N) is 2. The molecule has 1 aliphatic heterocycles. The van der Waals surface area contributed by atoms with E-state index in [4.69, 9.17) is 19.6 Å². The number of para-hydroxylation sites is 1. The number of fused-ring (bicyclic) bond motifs is 2. The molecule has 7 nitrogen and oxygen atoms in total. The number of aryl methyl sites for hydroxylation is 1. The van der Waals surface area contributed by atoms with Crippen LogP contribution in [0.4, 0.5) is 5.69 Å². The molecule has 2 aromatic carbocycles. The zero-order chi connectivity index (χ0) is 20.7. The summed E-state index contributed by atoms with van der Waals surface area (Å²) in [7, 11) is 0. The number of hydrogen-bond donors (Lipinski definition) is 3. The van der Waals surface area contributed by atoms with E-state index in [1.54, 1.807) is 24.7 Å². The number of carbonyl (C=O) groups excluding carboxylic acids is 1. The van der Waals surface area contributed by atoms with Crippen LogP contribution in [0.15, 0.2) is 74.9 Å². The fraction of sp³-hybridized carbons (Fsp3) is 0.130. The van der Waals surface area contributed by atoms with E-state index in [1.807, 2.05) is 43.3 Å². The van der Waals surface area contributed by atoms with Crippen molar-refractivity contribution < 1.29 is 13.6 Å². The van der Waals surface area contributed by atoms with Gasteiger partial charge in [-0.2, -0.15) is 0 Å². The second-order valence-corrected chi connectivity index (χ2v) is 7.19. The number of nitrogens with zero attached hydrogens (tertiary/aromatic N) is 1. The number of primary amides is 1. The number of amidine groups is 1. The van der Waals surface area contributed by atoms with Gasteiger partial charge in [0.15, 0.2) is 0 Å². The van der Waals surface area contributed by atoms with Gasteiger partial charge in [-0.25, -0.2) is 0 Å². The second-order valence-electron chi connectivity index (χ2n) is 7.19. The Morgan fingerprint density at radius 1 is 1.10 bits per heavy atom. The molecule has 5 rings (SSSR count). The molecule has 1 amide bonds. The van der Waals surface area contributed by atoms with Crippen LogP contribution in [-0.4, -0.2) is 11.7 Å². The zero-order valence-electron chi connectivity index (χ0n) is 16.3. The number of rotatable bonds is 4. The number of carbonyl (C=O) groups is 1. The Labute approximate surface area is 172 Å². The van der Waals surface area contributed by atoms with E-state index in [1.165, 1.54) is 0 Å². The Morgan fingerprint density at radius 3 is 2.73 bits per heavy atom. The first kappa shape index (κ1) is 18.1. The van der Waals surface area contributed by atoms with Crippen molar-refractivity contribution in [3.8, 4) is 0 Å². The van der Waals surface area contributed by atoms with Crippen LogP contribution >= 0.6 is 0 Å². The highest BCUT2D eigenvalue weighted by molar-refractivity contribution is 6.07.